The van der Waals surface area contributed by atoms with Crippen molar-refractivity contribution >= 4 is 11.3 Å². The van der Waals surface area contributed by atoms with Gasteiger partial charge in [0.2, 0.25) is 0 Å². The predicted octanol–water partition coefficient (Wildman–Crippen LogP) is 2.77. The summed E-state index contributed by atoms with van der Waals surface area (Å²) < 4.78 is 1.87. The molecule has 0 atom stereocenters. The summed E-state index contributed by atoms with van der Waals surface area (Å²) in [6.45, 7) is 2.03. The lowest BCUT2D eigenvalue weighted by Gasteiger charge is -2.11. The Morgan fingerprint density at radius 1 is 1.00 bits per heavy atom. The molecule has 0 aliphatic rings. The molecule has 0 radical (unpaired) electrons. The molecule has 2 heterocycles. The van der Waals surface area contributed by atoms with E-state index in [1.165, 1.54) is 5.69 Å². The number of benzene rings is 1. The summed E-state index contributed by atoms with van der Waals surface area (Å²) in [5.41, 5.74) is 4.17. The minimum absolute atomic E-state index is 0.764. The van der Waals surface area contributed by atoms with Gasteiger partial charge in [-0.1, -0.05) is 6.07 Å². The summed E-state index contributed by atoms with van der Waals surface area (Å²) in [6, 6.07) is 14.3. The van der Waals surface area contributed by atoms with Crippen LogP contribution in [0.5, 0.6) is 0 Å². The summed E-state index contributed by atoms with van der Waals surface area (Å²) in [5, 5.41) is 4.55. The number of fused-ring (bicyclic) bond motifs is 1. The second kappa shape index (κ2) is 4.39. The minimum atomic E-state index is 0.764. The number of pyridine rings is 1. The number of hydrogen-bond donors (Lipinski definition) is 0. The van der Waals surface area contributed by atoms with E-state index in [0.717, 1.165) is 22.7 Å². The Kier molecular flexibility index (Phi) is 2.71. The highest BCUT2D eigenvalue weighted by Gasteiger charge is 2.07. The molecular weight excluding hydrogens is 236 g/mol. The van der Waals surface area contributed by atoms with E-state index in [0.29, 0.717) is 0 Å². The average Bonchev–Trinajstić information content (AvgIpc) is 2.84. The van der Waals surface area contributed by atoms with Gasteiger partial charge in [-0.15, -0.1) is 5.10 Å². The maximum atomic E-state index is 4.56. The Labute approximate surface area is 112 Å². The van der Waals surface area contributed by atoms with Gasteiger partial charge in [0.1, 0.15) is 0 Å². The van der Waals surface area contributed by atoms with Crippen LogP contribution in [0.4, 0.5) is 5.69 Å². The van der Waals surface area contributed by atoms with Crippen LogP contribution in [-0.4, -0.2) is 28.7 Å². The summed E-state index contributed by atoms with van der Waals surface area (Å²) in [7, 11) is 4.06. The molecule has 0 fully saturated rings. The van der Waals surface area contributed by atoms with Crippen LogP contribution in [-0.2, 0) is 0 Å². The molecule has 0 aliphatic carbocycles. The van der Waals surface area contributed by atoms with Gasteiger partial charge in [0.15, 0.2) is 11.5 Å². The van der Waals surface area contributed by atoms with E-state index in [-0.39, 0.29) is 0 Å². The number of nitrogens with zero attached hydrogens (tertiary/aromatic N) is 4. The number of aromatic nitrogens is 3. The van der Waals surface area contributed by atoms with Gasteiger partial charge in [-0.2, -0.15) is 0 Å². The first-order valence-electron chi connectivity index (χ1n) is 6.25. The molecule has 0 spiro atoms. The third kappa shape index (κ3) is 2.05. The molecule has 0 bridgehead atoms. The van der Waals surface area contributed by atoms with Gasteiger partial charge in [-0.3, -0.25) is 0 Å². The van der Waals surface area contributed by atoms with E-state index in [4.69, 9.17) is 0 Å². The first-order valence-corrected chi connectivity index (χ1v) is 6.25. The Hall–Kier alpha value is -2.36. The van der Waals surface area contributed by atoms with Crippen molar-refractivity contribution in [3.05, 3.63) is 48.2 Å². The summed E-state index contributed by atoms with van der Waals surface area (Å²) in [4.78, 5) is 6.63. The average molecular weight is 252 g/mol. The number of rotatable bonds is 2. The second-order valence-corrected chi connectivity index (χ2v) is 4.81. The molecule has 0 unspecified atom stereocenters. The van der Waals surface area contributed by atoms with Crippen molar-refractivity contribution in [2.24, 2.45) is 0 Å². The quantitative estimate of drug-likeness (QED) is 0.703. The van der Waals surface area contributed by atoms with Gasteiger partial charge in [-0.05, 0) is 43.3 Å². The van der Waals surface area contributed by atoms with Crippen LogP contribution in [0.1, 0.15) is 5.69 Å². The van der Waals surface area contributed by atoms with Gasteiger partial charge in [0.05, 0.1) is 0 Å². The third-order valence-corrected chi connectivity index (χ3v) is 3.19. The van der Waals surface area contributed by atoms with E-state index in [1.807, 2.05) is 43.7 Å². The fourth-order valence-corrected chi connectivity index (χ4v) is 2.07. The Bertz CT molecular complexity index is 711. The maximum Gasteiger partial charge on any atom is 0.182 e. The van der Waals surface area contributed by atoms with Crippen molar-refractivity contribution in [3.63, 3.8) is 0 Å². The highest BCUT2D eigenvalue weighted by atomic mass is 15.3. The zero-order valence-corrected chi connectivity index (χ0v) is 11.3. The molecule has 0 saturated carbocycles. The van der Waals surface area contributed by atoms with E-state index in [2.05, 4.69) is 39.2 Å². The Morgan fingerprint density at radius 2 is 1.74 bits per heavy atom. The van der Waals surface area contributed by atoms with Gasteiger partial charge in [0, 0.05) is 31.0 Å². The van der Waals surface area contributed by atoms with E-state index in [1.54, 1.807) is 0 Å². The van der Waals surface area contributed by atoms with Crippen molar-refractivity contribution in [2.75, 3.05) is 19.0 Å². The molecule has 0 aliphatic heterocycles. The number of aryl methyl sites for hydroxylation is 1. The van der Waals surface area contributed by atoms with Gasteiger partial charge >= 0.3 is 0 Å². The summed E-state index contributed by atoms with van der Waals surface area (Å²) in [6.07, 6.45) is 0. The number of hydrogen-bond acceptors (Lipinski definition) is 3. The van der Waals surface area contributed by atoms with Crippen LogP contribution < -0.4 is 4.90 Å². The lowest BCUT2D eigenvalue weighted by molar-refractivity contribution is 0.918. The normalized spacial score (nSPS) is 10.9. The molecule has 4 nitrogen and oxygen atoms in total. The Morgan fingerprint density at radius 3 is 2.37 bits per heavy atom. The predicted molar refractivity (Wildman–Crippen MR) is 77.5 cm³/mol. The monoisotopic (exact) mass is 252 g/mol. The maximum absolute atomic E-state index is 4.56. The van der Waals surface area contributed by atoms with Crippen molar-refractivity contribution in [1.29, 1.82) is 0 Å². The SMILES string of the molecule is Cc1cccc2nc(-c3ccc(N(C)C)cc3)nn12. The van der Waals surface area contributed by atoms with Crippen molar-refractivity contribution in [1.82, 2.24) is 14.6 Å². The van der Waals surface area contributed by atoms with Gasteiger partial charge in [-0.25, -0.2) is 9.50 Å². The van der Waals surface area contributed by atoms with Crippen LogP contribution in [0.25, 0.3) is 17.0 Å². The van der Waals surface area contributed by atoms with E-state index in [9.17, 15) is 0 Å². The molecule has 3 aromatic rings. The van der Waals surface area contributed by atoms with Crippen LogP contribution in [0, 0.1) is 6.92 Å². The molecule has 0 amide bonds. The van der Waals surface area contributed by atoms with Gasteiger partial charge in [0.25, 0.3) is 0 Å². The third-order valence-electron chi connectivity index (χ3n) is 3.19. The lowest BCUT2D eigenvalue weighted by Crippen LogP contribution is -2.07. The molecule has 0 N–H and O–H groups in total. The molecular formula is C15H16N4. The van der Waals surface area contributed by atoms with Gasteiger partial charge < -0.3 is 4.90 Å². The molecule has 19 heavy (non-hydrogen) atoms. The van der Waals surface area contributed by atoms with Crippen LogP contribution in [0.3, 0.4) is 0 Å². The second-order valence-electron chi connectivity index (χ2n) is 4.81. The highest BCUT2D eigenvalue weighted by Crippen LogP contribution is 2.20. The molecule has 1 aromatic carbocycles. The summed E-state index contributed by atoms with van der Waals surface area (Å²) in [5.74, 6) is 0.764. The molecule has 2 aromatic heterocycles. The zero-order chi connectivity index (χ0) is 13.4. The van der Waals surface area contributed by atoms with Crippen LogP contribution in [0.2, 0.25) is 0 Å². The largest absolute Gasteiger partial charge is 0.378 e. The topological polar surface area (TPSA) is 33.4 Å². The Balaban J connectivity index is 2.06. The molecule has 4 heteroatoms. The zero-order valence-electron chi connectivity index (χ0n) is 11.3. The standard InChI is InChI=1S/C15H16N4/c1-11-5-4-6-14-16-15(17-19(11)14)12-7-9-13(10-8-12)18(2)3/h4-10H,1-3H3. The first-order chi connectivity index (χ1) is 9.15. The molecule has 3 rings (SSSR count). The summed E-state index contributed by atoms with van der Waals surface area (Å²) >= 11 is 0. The fraction of sp³-hybridized carbons (Fsp3) is 0.200. The van der Waals surface area contributed by atoms with Crippen LogP contribution in [0.15, 0.2) is 42.5 Å². The van der Waals surface area contributed by atoms with Crippen molar-refractivity contribution < 1.29 is 0 Å². The minimum Gasteiger partial charge on any atom is -0.378 e. The van der Waals surface area contributed by atoms with Crippen molar-refractivity contribution in [3.8, 4) is 11.4 Å². The lowest BCUT2D eigenvalue weighted by atomic mass is 10.2. The fourth-order valence-electron chi connectivity index (χ4n) is 2.07. The van der Waals surface area contributed by atoms with E-state index >= 15 is 0 Å². The first kappa shape index (κ1) is 11.7. The van der Waals surface area contributed by atoms with Crippen LogP contribution >= 0.6 is 0 Å². The highest BCUT2D eigenvalue weighted by molar-refractivity contribution is 5.62. The molecule has 96 valence electrons. The number of anilines is 1. The molecule has 0 saturated heterocycles. The van der Waals surface area contributed by atoms with E-state index < -0.39 is 0 Å². The van der Waals surface area contributed by atoms with Crippen molar-refractivity contribution in [2.45, 2.75) is 6.92 Å². The smallest absolute Gasteiger partial charge is 0.182 e.